The molecule has 2 amide bonds. The summed E-state index contributed by atoms with van der Waals surface area (Å²) in [6.07, 6.45) is 3.59. The third-order valence-electron chi connectivity index (χ3n) is 5.74. The highest BCUT2D eigenvalue weighted by Crippen LogP contribution is 2.32. The highest BCUT2D eigenvalue weighted by atomic mass is 32.1. The summed E-state index contributed by atoms with van der Waals surface area (Å²) in [4.78, 5) is 27.6. The van der Waals surface area contributed by atoms with E-state index in [0.29, 0.717) is 18.0 Å². The van der Waals surface area contributed by atoms with Crippen molar-refractivity contribution in [2.45, 2.75) is 6.54 Å². The predicted molar refractivity (Wildman–Crippen MR) is 137 cm³/mol. The fourth-order valence-electron chi connectivity index (χ4n) is 4.15. The highest BCUT2D eigenvalue weighted by molar-refractivity contribution is 7.80. The third kappa shape index (κ3) is 3.86. The summed E-state index contributed by atoms with van der Waals surface area (Å²) < 4.78 is 7.52. The number of thiocarbonyl (C=S) groups is 1. The number of rotatable bonds is 5. The number of methoxy groups -OCH3 is 1. The van der Waals surface area contributed by atoms with Crippen molar-refractivity contribution in [3.63, 3.8) is 0 Å². The highest BCUT2D eigenvalue weighted by Gasteiger charge is 2.36. The van der Waals surface area contributed by atoms with Crippen LogP contribution in [0.3, 0.4) is 0 Å². The molecule has 34 heavy (non-hydrogen) atoms. The van der Waals surface area contributed by atoms with Gasteiger partial charge in [0.25, 0.3) is 11.8 Å². The van der Waals surface area contributed by atoms with E-state index in [4.69, 9.17) is 17.0 Å². The Morgan fingerprint density at radius 2 is 1.65 bits per heavy atom. The maximum atomic E-state index is 13.5. The average molecular weight is 468 g/mol. The molecule has 0 spiro atoms. The SMILES string of the molecule is COc1ccccc1N1C(=O)/C(=C/c2cn(Cc3ccccc3)c3ccccc23)C(=O)NC1=S. The maximum Gasteiger partial charge on any atom is 0.270 e. The second-order valence-corrected chi connectivity index (χ2v) is 8.23. The zero-order valence-electron chi connectivity index (χ0n) is 18.4. The average Bonchev–Trinajstić information content (AvgIpc) is 3.19. The molecule has 0 saturated carbocycles. The lowest BCUT2D eigenvalue weighted by atomic mass is 10.1. The van der Waals surface area contributed by atoms with E-state index in [1.165, 1.54) is 12.0 Å². The summed E-state index contributed by atoms with van der Waals surface area (Å²) in [6.45, 7) is 0.669. The number of fused-ring (bicyclic) bond motifs is 1. The Balaban J connectivity index is 1.58. The van der Waals surface area contributed by atoms with Crippen LogP contribution in [0.15, 0.2) is 90.6 Å². The van der Waals surface area contributed by atoms with Crippen LogP contribution in [0, 0.1) is 0 Å². The Morgan fingerprint density at radius 3 is 2.44 bits per heavy atom. The molecule has 4 aromatic rings. The number of carbonyl (C=O) groups is 2. The maximum absolute atomic E-state index is 13.5. The summed E-state index contributed by atoms with van der Waals surface area (Å²) in [6, 6.07) is 25.1. The second kappa shape index (κ2) is 8.96. The fourth-order valence-corrected chi connectivity index (χ4v) is 4.42. The first-order chi connectivity index (χ1) is 16.6. The number of hydrogen-bond acceptors (Lipinski definition) is 4. The largest absolute Gasteiger partial charge is 0.495 e. The Kier molecular flexibility index (Phi) is 5.69. The van der Waals surface area contributed by atoms with Gasteiger partial charge < -0.3 is 9.30 Å². The van der Waals surface area contributed by atoms with Crippen LogP contribution in [0.25, 0.3) is 17.0 Å². The molecule has 1 fully saturated rings. The number of aromatic nitrogens is 1. The summed E-state index contributed by atoms with van der Waals surface area (Å²) in [5.74, 6) is -0.549. The molecule has 1 saturated heterocycles. The summed E-state index contributed by atoms with van der Waals surface area (Å²) >= 11 is 5.33. The fraction of sp³-hybridized carbons (Fsp3) is 0.0741. The lowest BCUT2D eigenvalue weighted by Crippen LogP contribution is -2.54. The van der Waals surface area contributed by atoms with Crippen molar-refractivity contribution < 1.29 is 14.3 Å². The molecular weight excluding hydrogens is 446 g/mol. The molecule has 3 aromatic carbocycles. The van der Waals surface area contributed by atoms with Gasteiger partial charge in [-0.05, 0) is 42.1 Å². The molecule has 0 radical (unpaired) electrons. The van der Waals surface area contributed by atoms with E-state index >= 15 is 0 Å². The van der Waals surface area contributed by atoms with E-state index in [1.54, 1.807) is 30.3 Å². The molecule has 1 N–H and O–H groups in total. The standard InChI is InChI=1S/C27H21N3O3S/c1-33-24-14-8-7-13-23(24)30-26(32)21(25(31)28-27(30)34)15-19-17-29(16-18-9-3-2-4-10-18)22-12-6-5-11-20(19)22/h2-15,17H,16H2,1H3,(H,28,31,34)/b21-15+. The number of nitrogens with one attached hydrogen (secondary N) is 1. The monoisotopic (exact) mass is 467 g/mol. The Morgan fingerprint density at radius 1 is 0.941 bits per heavy atom. The first-order valence-corrected chi connectivity index (χ1v) is 11.1. The minimum Gasteiger partial charge on any atom is -0.495 e. The molecule has 1 aromatic heterocycles. The van der Waals surface area contributed by atoms with Crippen LogP contribution >= 0.6 is 12.2 Å². The van der Waals surface area contributed by atoms with Gasteiger partial charge in [0.2, 0.25) is 0 Å². The van der Waals surface area contributed by atoms with Gasteiger partial charge in [0.05, 0.1) is 12.8 Å². The molecular formula is C27H21N3O3S. The van der Waals surface area contributed by atoms with Crippen molar-refractivity contribution in [2.24, 2.45) is 0 Å². The Labute approximate surface area is 202 Å². The van der Waals surface area contributed by atoms with Crippen LogP contribution in [0.5, 0.6) is 5.75 Å². The smallest absolute Gasteiger partial charge is 0.270 e. The van der Waals surface area contributed by atoms with Gasteiger partial charge in [-0.15, -0.1) is 0 Å². The Hall–Kier alpha value is -4.23. The summed E-state index contributed by atoms with van der Waals surface area (Å²) in [5, 5.41) is 3.61. The van der Waals surface area contributed by atoms with Gasteiger partial charge in [-0.25, -0.2) is 4.90 Å². The second-order valence-electron chi connectivity index (χ2n) is 7.84. The van der Waals surface area contributed by atoms with Gasteiger partial charge >= 0.3 is 0 Å². The zero-order valence-corrected chi connectivity index (χ0v) is 19.2. The number of benzene rings is 3. The van der Waals surface area contributed by atoms with E-state index in [-0.39, 0.29) is 10.7 Å². The molecule has 1 aliphatic rings. The summed E-state index contributed by atoms with van der Waals surface area (Å²) in [5.41, 5.74) is 3.41. The molecule has 5 rings (SSSR count). The van der Waals surface area contributed by atoms with Crippen molar-refractivity contribution in [3.05, 3.63) is 102 Å². The number of carbonyl (C=O) groups excluding carboxylic acids is 2. The van der Waals surface area contributed by atoms with Crippen LogP contribution in [0.1, 0.15) is 11.1 Å². The number of amides is 2. The van der Waals surface area contributed by atoms with Crippen molar-refractivity contribution in [1.82, 2.24) is 9.88 Å². The minimum absolute atomic E-state index is 0.00196. The molecule has 7 heteroatoms. The molecule has 6 nitrogen and oxygen atoms in total. The lowest BCUT2D eigenvalue weighted by Gasteiger charge is -2.29. The first kappa shape index (κ1) is 21.6. The van der Waals surface area contributed by atoms with Gasteiger partial charge in [0.1, 0.15) is 11.3 Å². The summed E-state index contributed by atoms with van der Waals surface area (Å²) in [7, 11) is 1.52. The van der Waals surface area contributed by atoms with Crippen LogP contribution in [-0.2, 0) is 16.1 Å². The van der Waals surface area contributed by atoms with Crippen LogP contribution in [-0.4, -0.2) is 28.6 Å². The minimum atomic E-state index is -0.527. The van der Waals surface area contributed by atoms with Crippen LogP contribution in [0.2, 0.25) is 0 Å². The number of anilines is 1. The van der Waals surface area contributed by atoms with E-state index in [0.717, 1.165) is 22.0 Å². The van der Waals surface area contributed by atoms with Crippen molar-refractivity contribution >= 4 is 51.8 Å². The van der Waals surface area contributed by atoms with Crippen molar-refractivity contribution in [2.75, 3.05) is 12.0 Å². The van der Waals surface area contributed by atoms with Crippen molar-refractivity contribution in [3.8, 4) is 5.75 Å². The molecule has 1 aliphatic heterocycles. The topological polar surface area (TPSA) is 63.6 Å². The molecule has 0 aliphatic carbocycles. The molecule has 0 atom stereocenters. The van der Waals surface area contributed by atoms with Gasteiger partial charge in [-0.1, -0.05) is 60.7 Å². The third-order valence-corrected chi connectivity index (χ3v) is 6.03. The van der Waals surface area contributed by atoms with Gasteiger partial charge in [-0.2, -0.15) is 0 Å². The van der Waals surface area contributed by atoms with Gasteiger partial charge in [0.15, 0.2) is 5.11 Å². The Bertz CT molecular complexity index is 1460. The quantitative estimate of drug-likeness (QED) is 0.266. The van der Waals surface area contributed by atoms with E-state index in [2.05, 4.69) is 22.0 Å². The van der Waals surface area contributed by atoms with Crippen LogP contribution in [0.4, 0.5) is 5.69 Å². The first-order valence-electron chi connectivity index (χ1n) is 10.7. The van der Waals surface area contributed by atoms with Crippen molar-refractivity contribution in [1.29, 1.82) is 0 Å². The number of nitrogens with zero attached hydrogens (tertiary/aromatic N) is 2. The van der Waals surface area contributed by atoms with E-state index in [1.807, 2.05) is 48.7 Å². The molecule has 2 heterocycles. The molecule has 0 unspecified atom stereocenters. The molecule has 168 valence electrons. The van der Waals surface area contributed by atoms with E-state index in [9.17, 15) is 9.59 Å². The molecule has 0 bridgehead atoms. The van der Waals surface area contributed by atoms with Gasteiger partial charge in [0, 0.05) is 29.2 Å². The normalized spacial score (nSPS) is 15.1. The number of hydrogen-bond donors (Lipinski definition) is 1. The van der Waals surface area contributed by atoms with Gasteiger partial charge in [-0.3, -0.25) is 14.9 Å². The van der Waals surface area contributed by atoms with Crippen LogP contribution < -0.4 is 15.0 Å². The number of ether oxygens (including phenoxy) is 1. The zero-order chi connectivity index (χ0) is 23.7. The predicted octanol–water partition coefficient (Wildman–Crippen LogP) is 4.53. The lowest BCUT2D eigenvalue weighted by molar-refractivity contribution is -0.122. The van der Waals surface area contributed by atoms with E-state index < -0.39 is 11.8 Å². The number of para-hydroxylation sites is 3.